The van der Waals surface area contributed by atoms with Gasteiger partial charge in [-0.05, 0) is 31.9 Å². The van der Waals surface area contributed by atoms with E-state index in [9.17, 15) is 9.59 Å². The summed E-state index contributed by atoms with van der Waals surface area (Å²) in [5, 5.41) is 2.69. The Bertz CT molecular complexity index is 458. The molecule has 1 aromatic rings. The van der Waals surface area contributed by atoms with Crippen LogP contribution >= 0.6 is 0 Å². The number of nitrogens with zero attached hydrogens (tertiary/aromatic N) is 1. The molecule has 1 aliphatic rings. The third-order valence-electron chi connectivity index (χ3n) is 2.81. The van der Waals surface area contributed by atoms with Gasteiger partial charge in [-0.2, -0.15) is 0 Å². The van der Waals surface area contributed by atoms with Crippen LogP contribution in [0.15, 0.2) is 18.3 Å². The Labute approximate surface area is 105 Å². The minimum Gasteiger partial charge on any atom is -0.365 e. The van der Waals surface area contributed by atoms with Crippen molar-refractivity contribution < 1.29 is 14.3 Å². The lowest BCUT2D eigenvalue weighted by molar-refractivity contribution is -0.126. The van der Waals surface area contributed by atoms with Crippen LogP contribution in [0.3, 0.4) is 0 Å². The van der Waals surface area contributed by atoms with Crippen LogP contribution in [0.5, 0.6) is 0 Å². The number of ether oxygens (including phenoxy) is 1. The Hall–Kier alpha value is -1.95. The van der Waals surface area contributed by atoms with Crippen molar-refractivity contribution in [3.05, 3.63) is 24.0 Å². The van der Waals surface area contributed by atoms with E-state index in [0.29, 0.717) is 5.69 Å². The summed E-state index contributed by atoms with van der Waals surface area (Å²) in [7, 11) is 0. The van der Waals surface area contributed by atoms with Gasteiger partial charge in [0.15, 0.2) is 0 Å². The van der Waals surface area contributed by atoms with Crippen LogP contribution < -0.4 is 11.1 Å². The van der Waals surface area contributed by atoms with E-state index >= 15 is 0 Å². The van der Waals surface area contributed by atoms with Crippen LogP contribution in [0.2, 0.25) is 0 Å². The van der Waals surface area contributed by atoms with Crippen LogP contribution in [0.25, 0.3) is 0 Å². The Morgan fingerprint density at radius 1 is 1.44 bits per heavy atom. The van der Waals surface area contributed by atoms with Crippen molar-refractivity contribution in [2.45, 2.75) is 32.0 Å². The standard InChI is InChI=1S/C12H15N3O3/c1-7-2-5-10(18-7)12(17)15-8-3-4-9(11(13)16)14-6-8/h3-4,6-7,10H,2,5H2,1H3,(H2,13,16)(H,15,17). The van der Waals surface area contributed by atoms with Gasteiger partial charge in [0.25, 0.3) is 11.8 Å². The number of pyridine rings is 1. The predicted octanol–water partition coefficient (Wildman–Crippen LogP) is 0.686. The van der Waals surface area contributed by atoms with Crippen LogP contribution in [-0.4, -0.2) is 29.0 Å². The van der Waals surface area contributed by atoms with E-state index in [1.54, 1.807) is 6.07 Å². The van der Waals surface area contributed by atoms with Crippen LogP contribution in [0.4, 0.5) is 5.69 Å². The topological polar surface area (TPSA) is 94.3 Å². The molecule has 96 valence electrons. The van der Waals surface area contributed by atoms with Gasteiger partial charge in [-0.25, -0.2) is 4.98 Å². The van der Waals surface area contributed by atoms with E-state index < -0.39 is 12.0 Å². The molecule has 1 aliphatic heterocycles. The summed E-state index contributed by atoms with van der Waals surface area (Å²) in [6.45, 7) is 1.94. The lowest BCUT2D eigenvalue weighted by Gasteiger charge is -2.11. The van der Waals surface area contributed by atoms with Gasteiger partial charge in [-0.15, -0.1) is 0 Å². The number of primary amides is 1. The van der Waals surface area contributed by atoms with Crippen molar-refractivity contribution in [1.82, 2.24) is 4.98 Å². The Balaban J connectivity index is 1.97. The first-order chi connectivity index (χ1) is 8.56. The number of nitrogens with two attached hydrogens (primary N) is 1. The highest BCUT2D eigenvalue weighted by atomic mass is 16.5. The molecule has 6 nitrogen and oxygen atoms in total. The third-order valence-corrected chi connectivity index (χ3v) is 2.81. The summed E-state index contributed by atoms with van der Waals surface area (Å²) in [6.07, 6.45) is 2.72. The lowest BCUT2D eigenvalue weighted by atomic mass is 10.2. The number of anilines is 1. The van der Waals surface area contributed by atoms with Gasteiger partial charge in [0, 0.05) is 0 Å². The molecule has 18 heavy (non-hydrogen) atoms. The predicted molar refractivity (Wildman–Crippen MR) is 65.0 cm³/mol. The maximum absolute atomic E-state index is 11.8. The molecule has 2 rings (SSSR count). The molecule has 3 N–H and O–H groups in total. The molecule has 2 atom stereocenters. The smallest absolute Gasteiger partial charge is 0.267 e. The number of nitrogens with one attached hydrogen (secondary N) is 1. The molecule has 1 aromatic heterocycles. The summed E-state index contributed by atoms with van der Waals surface area (Å²) >= 11 is 0. The third kappa shape index (κ3) is 2.84. The van der Waals surface area contributed by atoms with Crippen LogP contribution in [0, 0.1) is 0 Å². The van der Waals surface area contributed by atoms with Crippen LogP contribution in [-0.2, 0) is 9.53 Å². The maximum Gasteiger partial charge on any atom is 0.267 e. The van der Waals surface area contributed by atoms with E-state index in [1.165, 1.54) is 12.3 Å². The minimum absolute atomic E-state index is 0.121. The first kappa shape index (κ1) is 12.5. The minimum atomic E-state index is -0.596. The number of hydrogen-bond donors (Lipinski definition) is 2. The molecule has 1 saturated heterocycles. The molecule has 0 bridgehead atoms. The van der Waals surface area contributed by atoms with Gasteiger partial charge in [0.1, 0.15) is 11.8 Å². The van der Waals surface area contributed by atoms with Crippen molar-refractivity contribution in [2.75, 3.05) is 5.32 Å². The molecule has 2 unspecified atom stereocenters. The highest BCUT2D eigenvalue weighted by Gasteiger charge is 2.28. The average molecular weight is 249 g/mol. The van der Waals surface area contributed by atoms with Crippen molar-refractivity contribution in [1.29, 1.82) is 0 Å². The van der Waals surface area contributed by atoms with Gasteiger partial charge in [0.05, 0.1) is 18.0 Å². The molecule has 1 fully saturated rings. The van der Waals surface area contributed by atoms with E-state index in [2.05, 4.69) is 10.3 Å². The average Bonchev–Trinajstić information content (AvgIpc) is 2.76. The Morgan fingerprint density at radius 2 is 2.22 bits per heavy atom. The lowest BCUT2D eigenvalue weighted by Crippen LogP contribution is -2.27. The molecule has 2 heterocycles. The summed E-state index contributed by atoms with van der Waals surface area (Å²) in [5.41, 5.74) is 5.76. The molecule has 0 saturated carbocycles. The number of amides is 2. The number of carbonyl (C=O) groups excluding carboxylic acids is 2. The van der Waals surface area contributed by atoms with Gasteiger partial charge in [-0.1, -0.05) is 0 Å². The molecule has 0 aromatic carbocycles. The Morgan fingerprint density at radius 3 is 2.72 bits per heavy atom. The van der Waals surface area contributed by atoms with Gasteiger partial charge in [-0.3, -0.25) is 9.59 Å². The number of carbonyl (C=O) groups is 2. The van der Waals surface area contributed by atoms with Crippen molar-refractivity contribution in [3.63, 3.8) is 0 Å². The van der Waals surface area contributed by atoms with E-state index in [-0.39, 0.29) is 17.7 Å². The van der Waals surface area contributed by atoms with Crippen LogP contribution in [0.1, 0.15) is 30.3 Å². The fourth-order valence-corrected chi connectivity index (χ4v) is 1.83. The zero-order valence-corrected chi connectivity index (χ0v) is 10.1. The number of rotatable bonds is 3. The summed E-state index contributed by atoms with van der Waals surface area (Å²) in [5.74, 6) is -0.784. The zero-order valence-electron chi connectivity index (χ0n) is 10.1. The molecule has 0 radical (unpaired) electrons. The molecular weight excluding hydrogens is 234 g/mol. The molecule has 2 amide bonds. The summed E-state index contributed by atoms with van der Waals surface area (Å²) in [4.78, 5) is 26.5. The highest BCUT2D eigenvalue weighted by molar-refractivity contribution is 5.95. The van der Waals surface area contributed by atoms with Gasteiger partial charge < -0.3 is 15.8 Å². The SMILES string of the molecule is CC1CCC(C(=O)Nc2ccc(C(N)=O)nc2)O1. The quantitative estimate of drug-likeness (QED) is 0.823. The van der Waals surface area contributed by atoms with Crippen molar-refractivity contribution in [3.8, 4) is 0 Å². The van der Waals surface area contributed by atoms with E-state index in [1.807, 2.05) is 6.92 Å². The summed E-state index contributed by atoms with van der Waals surface area (Å²) < 4.78 is 5.45. The highest BCUT2D eigenvalue weighted by Crippen LogP contribution is 2.20. The summed E-state index contributed by atoms with van der Waals surface area (Å²) in [6, 6.07) is 3.06. The largest absolute Gasteiger partial charge is 0.365 e. The second-order valence-electron chi connectivity index (χ2n) is 4.30. The number of hydrogen-bond acceptors (Lipinski definition) is 4. The molecule has 0 spiro atoms. The fraction of sp³-hybridized carbons (Fsp3) is 0.417. The monoisotopic (exact) mass is 249 g/mol. The first-order valence-corrected chi connectivity index (χ1v) is 5.78. The first-order valence-electron chi connectivity index (χ1n) is 5.78. The molecule has 6 heteroatoms. The Kier molecular flexibility index (Phi) is 3.57. The zero-order chi connectivity index (χ0) is 13.1. The fourth-order valence-electron chi connectivity index (χ4n) is 1.83. The van der Waals surface area contributed by atoms with E-state index in [0.717, 1.165) is 12.8 Å². The normalized spacial score (nSPS) is 22.7. The molecule has 0 aliphatic carbocycles. The van der Waals surface area contributed by atoms with Crippen molar-refractivity contribution in [2.24, 2.45) is 5.73 Å². The van der Waals surface area contributed by atoms with E-state index in [4.69, 9.17) is 10.5 Å². The maximum atomic E-state index is 11.8. The molecular formula is C12H15N3O3. The van der Waals surface area contributed by atoms with Gasteiger partial charge >= 0.3 is 0 Å². The number of aromatic nitrogens is 1. The van der Waals surface area contributed by atoms with Crippen molar-refractivity contribution >= 4 is 17.5 Å². The van der Waals surface area contributed by atoms with Gasteiger partial charge in [0.2, 0.25) is 0 Å². The second kappa shape index (κ2) is 5.14. The second-order valence-corrected chi connectivity index (χ2v) is 4.30.